The summed E-state index contributed by atoms with van der Waals surface area (Å²) in [6.07, 6.45) is -0.662. The molecule has 1 fully saturated rings. The minimum atomic E-state index is -3.87. The molecule has 1 atom stereocenters. The molecule has 1 saturated heterocycles. The van der Waals surface area contributed by atoms with Gasteiger partial charge in [0.05, 0.1) is 17.1 Å². The molecule has 0 aromatic heterocycles. The molecule has 0 radical (unpaired) electrons. The molecule has 2 aromatic carbocycles. The maximum atomic E-state index is 12.5. The second-order valence-electron chi connectivity index (χ2n) is 5.85. The second kappa shape index (κ2) is 7.17. The van der Waals surface area contributed by atoms with Crippen molar-refractivity contribution in [2.45, 2.75) is 24.3 Å². The van der Waals surface area contributed by atoms with Gasteiger partial charge in [-0.05, 0) is 42.8 Å². The lowest BCUT2D eigenvalue weighted by molar-refractivity contribution is -0.145. The summed E-state index contributed by atoms with van der Waals surface area (Å²) in [5.74, 6) is -1.37. The molecular weight excluding hydrogens is 358 g/mol. The Morgan fingerprint density at radius 1 is 1.19 bits per heavy atom. The van der Waals surface area contributed by atoms with E-state index in [4.69, 9.17) is 9.47 Å². The Morgan fingerprint density at radius 3 is 2.65 bits per heavy atom. The van der Waals surface area contributed by atoms with Gasteiger partial charge in [0.15, 0.2) is 0 Å². The highest BCUT2D eigenvalue weighted by atomic mass is 32.2. The van der Waals surface area contributed by atoms with E-state index in [1.54, 1.807) is 18.2 Å². The van der Waals surface area contributed by atoms with Crippen molar-refractivity contribution in [2.75, 3.05) is 11.3 Å². The molecule has 0 amide bonds. The van der Waals surface area contributed by atoms with E-state index in [0.29, 0.717) is 5.69 Å². The number of ether oxygens (including phenoxy) is 2. The minimum Gasteiger partial charge on any atom is -0.463 e. The maximum absolute atomic E-state index is 12.5. The standard InChI is InChI=1S/C18H17NO6S/c1-12-4-2-6-14(10-12)19-26(22,23)15-7-3-5-13(11-15)17(20)25-16-8-9-24-18(16)21/h2-7,10-11,16,19H,8-9H2,1H3/t16-/m1/s1. The quantitative estimate of drug-likeness (QED) is 0.805. The van der Waals surface area contributed by atoms with E-state index >= 15 is 0 Å². The van der Waals surface area contributed by atoms with Crippen molar-refractivity contribution >= 4 is 27.6 Å². The van der Waals surface area contributed by atoms with Crippen molar-refractivity contribution in [3.63, 3.8) is 0 Å². The van der Waals surface area contributed by atoms with E-state index in [2.05, 4.69) is 4.72 Å². The van der Waals surface area contributed by atoms with Gasteiger partial charge in [0.1, 0.15) is 0 Å². The highest BCUT2D eigenvalue weighted by molar-refractivity contribution is 7.92. The van der Waals surface area contributed by atoms with Crippen LogP contribution in [0.25, 0.3) is 0 Å². The van der Waals surface area contributed by atoms with E-state index in [0.717, 1.165) is 5.56 Å². The molecule has 136 valence electrons. The van der Waals surface area contributed by atoms with Crippen LogP contribution < -0.4 is 4.72 Å². The third kappa shape index (κ3) is 4.02. The first-order chi connectivity index (χ1) is 12.3. The lowest BCUT2D eigenvalue weighted by Crippen LogP contribution is -2.23. The van der Waals surface area contributed by atoms with Gasteiger partial charge >= 0.3 is 11.9 Å². The zero-order valence-electron chi connectivity index (χ0n) is 14.0. The SMILES string of the molecule is Cc1cccc(NS(=O)(=O)c2cccc(C(=O)O[C@@H]3CCOC3=O)c2)c1. The van der Waals surface area contributed by atoms with Crippen molar-refractivity contribution in [1.29, 1.82) is 0 Å². The largest absolute Gasteiger partial charge is 0.463 e. The van der Waals surface area contributed by atoms with Crippen molar-refractivity contribution in [1.82, 2.24) is 0 Å². The molecule has 1 aliphatic rings. The first-order valence-corrected chi connectivity index (χ1v) is 9.41. The number of sulfonamides is 1. The molecule has 2 aromatic rings. The van der Waals surface area contributed by atoms with Crippen LogP contribution in [-0.2, 0) is 24.3 Å². The lowest BCUT2D eigenvalue weighted by Gasteiger charge is -2.11. The lowest BCUT2D eigenvalue weighted by atomic mass is 10.2. The number of rotatable bonds is 5. The highest BCUT2D eigenvalue weighted by Crippen LogP contribution is 2.19. The predicted molar refractivity (Wildman–Crippen MR) is 93.2 cm³/mol. The summed E-state index contributed by atoms with van der Waals surface area (Å²) >= 11 is 0. The third-order valence-corrected chi connectivity index (χ3v) is 5.17. The summed E-state index contributed by atoms with van der Waals surface area (Å²) in [6, 6.07) is 12.4. The van der Waals surface area contributed by atoms with Gasteiger partial charge in [-0.3, -0.25) is 4.72 Å². The molecule has 0 spiro atoms. The smallest absolute Gasteiger partial charge is 0.347 e. The maximum Gasteiger partial charge on any atom is 0.347 e. The average molecular weight is 375 g/mol. The summed E-state index contributed by atoms with van der Waals surface area (Å²) in [7, 11) is -3.87. The van der Waals surface area contributed by atoms with E-state index in [9.17, 15) is 18.0 Å². The highest BCUT2D eigenvalue weighted by Gasteiger charge is 2.30. The van der Waals surface area contributed by atoms with Gasteiger partial charge in [-0.15, -0.1) is 0 Å². The van der Waals surface area contributed by atoms with Crippen LogP contribution >= 0.6 is 0 Å². The van der Waals surface area contributed by atoms with Crippen molar-refractivity contribution < 1.29 is 27.5 Å². The van der Waals surface area contributed by atoms with Crippen LogP contribution in [0.3, 0.4) is 0 Å². The topological polar surface area (TPSA) is 98.8 Å². The molecular formula is C18H17NO6S. The predicted octanol–water partition coefficient (Wildman–Crippen LogP) is 2.27. The molecule has 3 rings (SSSR count). The van der Waals surface area contributed by atoms with Crippen molar-refractivity contribution in [3.05, 3.63) is 59.7 Å². The van der Waals surface area contributed by atoms with Gasteiger partial charge in [0.2, 0.25) is 6.10 Å². The Labute approximate surface area is 151 Å². The van der Waals surface area contributed by atoms with Gasteiger partial charge in [-0.2, -0.15) is 0 Å². The van der Waals surface area contributed by atoms with Crippen molar-refractivity contribution in [2.24, 2.45) is 0 Å². The third-order valence-electron chi connectivity index (χ3n) is 3.79. The zero-order valence-corrected chi connectivity index (χ0v) is 14.8. The molecule has 7 nitrogen and oxygen atoms in total. The van der Waals surface area contributed by atoms with Crippen LogP contribution in [0.5, 0.6) is 0 Å². The van der Waals surface area contributed by atoms with Crippen LogP contribution in [0.15, 0.2) is 53.4 Å². The molecule has 0 aliphatic carbocycles. The Balaban J connectivity index is 1.79. The van der Waals surface area contributed by atoms with E-state index < -0.39 is 28.1 Å². The number of carbonyl (C=O) groups excluding carboxylic acids is 2. The number of cyclic esters (lactones) is 1. The van der Waals surface area contributed by atoms with Crippen LogP contribution in [0.2, 0.25) is 0 Å². The zero-order chi connectivity index (χ0) is 18.7. The monoisotopic (exact) mass is 375 g/mol. The number of hydrogen-bond acceptors (Lipinski definition) is 6. The fourth-order valence-electron chi connectivity index (χ4n) is 2.49. The number of anilines is 1. The van der Waals surface area contributed by atoms with Crippen LogP contribution in [0.4, 0.5) is 5.69 Å². The van der Waals surface area contributed by atoms with Gasteiger partial charge < -0.3 is 9.47 Å². The van der Waals surface area contributed by atoms with Gasteiger partial charge in [-0.1, -0.05) is 18.2 Å². The molecule has 1 heterocycles. The summed E-state index contributed by atoms with van der Waals surface area (Å²) in [4.78, 5) is 23.5. The van der Waals surface area contributed by atoms with Crippen LogP contribution in [-0.4, -0.2) is 33.1 Å². The number of esters is 2. The number of benzene rings is 2. The first-order valence-electron chi connectivity index (χ1n) is 7.92. The van der Waals surface area contributed by atoms with E-state index in [-0.39, 0.29) is 23.5 Å². The van der Waals surface area contributed by atoms with Crippen LogP contribution in [0.1, 0.15) is 22.3 Å². The summed E-state index contributed by atoms with van der Waals surface area (Å²) in [6.45, 7) is 2.05. The fraction of sp³-hybridized carbons (Fsp3) is 0.222. The molecule has 0 unspecified atom stereocenters. The Morgan fingerprint density at radius 2 is 1.96 bits per heavy atom. The average Bonchev–Trinajstić information content (AvgIpc) is 2.99. The van der Waals surface area contributed by atoms with E-state index in [1.807, 2.05) is 13.0 Å². The molecule has 26 heavy (non-hydrogen) atoms. The summed E-state index contributed by atoms with van der Waals surface area (Å²) in [5.41, 5.74) is 1.37. The number of carbonyl (C=O) groups is 2. The normalized spacial score (nSPS) is 16.8. The van der Waals surface area contributed by atoms with Gasteiger partial charge in [0.25, 0.3) is 10.0 Å². The fourth-order valence-corrected chi connectivity index (χ4v) is 3.59. The van der Waals surface area contributed by atoms with E-state index in [1.165, 1.54) is 24.3 Å². The Kier molecular flexibility index (Phi) is 4.94. The number of aryl methyl sites for hydroxylation is 1. The Hall–Kier alpha value is -2.87. The Bertz CT molecular complexity index is 954. The second-order valence-corrected chi connectivity index (χ2v) is 7.54. The minimum absolute atomic E-state index is 0.0387. The molecule has 0 bridgehead atoms. The van der Waals surface area contributed by atoms with Crippen molar-refractivity contribution in [3.8, 4) is 0 Å². The van der Waals surface area contributed by atoms with Gasteiger partial charge in [-0.25, -0.2) is 18.0 Å². The molecule has 1 N–H and O–H groups in total. The number of hydrogen-bond donors (Lipinski definition) is 1. The first kappa shape index (κ1) is 17.9. The number of nitrogens with one attached hydrogen (secondary N) is 1. The van der Waals surface area contributed by atoms with Gasteiger partial charge in [0, 0.05) is 12.1 Å². The molecule has 8 heteroatoms. The van der Waals surface area contributed by atoms with Crippen LogP contribution in [0, 0.1) is 6.92 Å². The summed E-state index contributed by atoms with van der Waals surface area (Å²) in [5, 5.41) is 0. The summed E-state index contributed by atoms with van der Waals surface area (Å²) < 4.78 is 37.4. The molecule has 1 aliphatic heterocycles. The molecule has 0 saturated carbocycles.